The lowest BCUT2D eigenvalue weighted by molar-refractivity contribution is 0.103. The Kier molecular flexibility index (Phi) is 4.56. The van der Waals surface area contributed by atoms with Crippen LogP contribution in [-0.2, 0) is 0 Å². The van der Waals surface area contributed by atoms with Gasteiger partial charge < -0.3 is 4.90 Å². The van der Waals surface area contributed by atoms with Crippen molar-refractivity contribution in [3.8, 4) is 6.07 Å². The van der Waals surface area contributed by atoms with Crippen molar-refractivity contribution in [3.05, 3.63) is 45.6 Å². The molecule has 0 N–H and O–H groups in total. The number of hydrogen-bond donors (Lipinski definition) is 0. The van der Waals surface area contributed by atoms with Crippen molar-refractivity contribution in [2.45, 2.75) is 0 Å². The molecule has 0 aliphatic carbocycles. The minimum atomic E-state index is -0.375. The molecule has 0 aromatic heterocycles. The van der Waals surface area contributed by atoms with E-state index in [4.69, 9.17) is 28.5 Å². The highest BCUT2D eigenvalue weighted by Gasteiger charge is 2.13. The molecule has 0 saturated carbocycles. The summed E-state index contributed by atoms with van der Waals surface area (Å²) < 4.78 is 0. The zero-order valence-electron chi connectivity index (χ0n) is 9.37. The van der Waals surface area contributed by atoms with Gasteiger partial charge in [-0.25, -0.2) is 0 Å². The maximum Gasteiger partial charge on any atom is 0.205 e. The minimum Gasteiger partial charge on any atom is -0.382 e. The quantitative estimate of drug-likeness (QED) is 0.481. The van der Waals surface area contributed by atoms with Gasteiger partial charge in [0.05, 0.1) is 10.0 Å². The second-order valence-corrected chi connectivity index (χ2v) is 4.39. The van der Waals surface area contributed by atoms with Gasteiger partial charge in [0, 0.05) is 25.9 Å². The van der Waals surface area contributed by atoms with Crippen LogP contribution in [0.2, 0.25) is 10.0 Å². The molecule has 1 aromatic rings. The molecule has 88 valence electrons. The van der Waals surface area contributed by atoms with Crippen LogP contribution in [0.1, 0.15) is 10.4 Å². The van der Waals surface area contributed by atoms with Gasteiger partial charge in [-0.05, 0) is 18.2 Å². The van der Waals surface area contributed by atoms with E-state index in [1.807, 2.05) is 6.07 Å². The number of nitrogens with zero attached hydrogens (tertiary/aromatic N) is 2. The molecule has 0 saturated heterocycles. The van der Waals surface area contributed by atoms with Gasteiger partial charge in [-0.1, -0.05) is 23.2 Å². The third-order valence-electron chi connectivity index (χ3n) is 1.93. The smallest absolute Gasteiger partial charge is 0.205 e. The fourth-order valence-electron chi connectivity index (χ4n) is 1.19. The molecule has 3 nitrogen and oxygen atoms in total. The van der Waals surface area contributed by atoms with Gasteiger partial charge in [0.2, 0.25) is 5.78 Å². The lowest BCUT2D eigenvalue weighted by Crippen LogP contribution is -2.08. The van der Waals surface area contributed by atoms with E-state index < -0.39 is 0 Å². The van der Waals surface area contributed by atoms with Crippen molar-refractivity contribution in [3.63, 3.8) is 0 Å². The van der Waals surface area contributed by atoms with Crippen LogP contribution in [0.5, 0.6) is 0 Å². The van der Waals surface area contributed by atoms with E-state index >= 15 is 0 Å². The average molecular weight is 269 g/mol. The van der Waals surface area contributed by atoms with Gasteiger partial charge in [0.1, 0.15) is 11.6 Å². The summed E-state index contributed by atoms with van der Waals surface area (Å²) in [6.45, 7) is 0. The van der Waals surface area contributed by atoms with Crippen molar-refractivity contribution in [1.82, 2.24) is 4.90 Å². The number of benzene rings is 1. The molecule has 0 atom stereocenters. The Bertz CT molecular complexity index is 516. The number of allylic oxidation sites excluding steroid dienone is 1. The highest BCUT2D eigenvalue weighted by Crippen LogP contribution is 2.23. The maximum atomic E-state index is 12.0. The fourth-order valence-corrected chi connectivity index (χ4v) is 1.49. The molecular weight excluding hydrogens is 259 g/mol. The van der Waals surface area contributed by atoms with Crippen LogP contribution >= 0.6 is 23.2 Å². The number of nitriles is 1. The highest BCUT2D eigenvalue weighted by molar-refractivity contribution is 6.42. The lowest BCUT2D eigenvalue weighted by Gasteiger charge is -2.06. The number of rotatable bonds is 3. The number of carbonyl (C=O) groups is 1. The Balaban J connectivity index is 3.12. The monoisotopic (exact) mass is 268 g/mol. The summed E-state index contributed by atoms with van der Waals surface area (Å²) in [7, 11) is 3.47. The van der Waals surface area contributed by atoms with Gasteiger partial charge in [0.25, 0.3) is 0 Å². The number of ketones is 1. The van der Waals surface area contributed by atoms with Gasteiger partial charge in [-0.3, -0.25) is 4.79 Å². The topological polar surface area (TPSA) is 44.1 Å². The normalized spacial score (nSPS) is 10.9. The van der Waals surface area contributed by atoms with Crippen LogP contribution < -0.4 is 0 Å². The Morgan fingerprint density at radius 2 is 2.00 bits per heavy atom. The molecule has 0 unspecified atom stereocenters. The Labute approximate surface area is 110 Å². The van der Waals surface area contributed by atoms with Crippen molar-refractivity contribution >= 4 is 29.0 Å². The number of carbonyl (C=O) groups excluding carboxylic acids is 1. The van der Waals surface area contributed by atoms with E-state index in [1.54, 1.807) is 19.0 Å². The summed E-state index contributed by atoms with van der Waals surface area (Å²) in [4.78, 5) is 13.6. The molecule has 17 heavy (non-hydrogen) atoms. The molecule has 5 heteroatoms. The predicted octanol–water partition coefficient (Wildman–Crippen LogP) is 3.15. The summed E-state index contributed by atoms with van der Waals surface area (Å²) >= 11 is 11.6. The second kappa shape index (κ2) is 5.72. The lowest BCUT2D eigenvalue weighted by atomic mass is 10.1. The van der Waals surface area contributed by atoms with E-state index in [0.717, 1.165) is 0 Å². The number of hydrogen-bond acceptors (Lipinski definition) is 3. The first kappa shape index (κ1) is 13.6. The minimum absolute atomic E-state index is 0.0494. The highest BCUT2D eigenvalue weighted by atomic mass is 35.5. The van der Waals surface area contributed by atoms with Crippen LogP contribution in [-0.4, -0.2) is 24.8 Å². The summed E-state index contributed by atoms with van der Waals surface area (Å²) in [5.74, 6) is -0.375. The van der Waals surface area contributed by atoms with Gasteiger partial charge >= 0.3 is 0 Å². The Morgan fingerprint density at radius 1 is 1.35 bits per heavy atom. The average Bonchev–Trinajstić information content (AvgIpc) is 2.28. The summed E-state index contributed by atoms with van der Waals surface area (Å²) in [6, 6.07) is 6.38. The third kappa shape index (κ3) is 3.48. The number of Topliss-reactive ketones (excluding diaryl/α,β-unsaturated/α-hetero) is 1. The first-order valence-electron chi connectivity index (χ1n) is 4.74. The molecule has 0 aliphatic heterocycles. The zero-order valence-corrected chi connectivity index (χ0v) is 10.9. The number of halogens is 2. The van der Waals surface area contributed by atoms with Gasteiger partial charge in [-0.15, -0.1) is 0 Å². The van der Waals surface area contributed by atoms with E-state index in [-0.39, 0.29) is 11.4 Å². The molecule has 0 amide bonds. The summed E-state index contributed by atoms with van der Waals surface area (Å²) in [5.41, 5.74) is 0.391. The van der Waals surface area contributed by atoms with Crippen molar-refractivity contribution in [1.29, 1.82) is 5.26 Å². The van der Waals surface area contributed by atoms with Gasteiger partial charge in [-0.2, -0.15) is 5.26 Å². The van der Waals surface area contributed by atoms with E-state index in [9.17, 15) is 4.79 Å². The first-order valence-corrected chi connectivity index (χ1v) is 5.49. The SMILES string of the molecule is CN(C)C=C(C#N)C(=O)c1ccc(Cl)c(Cl)c1. The Hall–Kier alpha value is -1.50. The van der Waals surface area contributed by atoms with Crippen molar-refractivity contribution in [2.75, 3.05) is 14.1 Å². The molecular formula is C12H10Cl2N2O. The molecule has 0 bridgehead atoms. The van der Waals surface area contributed by atoms with Crippen LogP contribution in [0.4, 0.5) is 0 Å². The van der Waals surface area contributed by atoms with E-state index in [0.29, 0.717) is 15.6 Å². The summed E-state index contributed by atoms with van der Waals surface area (Å²) in [5, 5.41) is 9.57. The second-order valence-electron chi connectivity index (χ2n) is 3.58. The van der Waals surface area contributed by atoms with Crippen LogP contribution in [0, 0.1) is 11.3 Å². The predicted molar refractivity (Wildman–Crippen MR) is 68.2 cm³/mol. The molecule has 0 aliphatic rings. The van der Waals surface area contributed by atoms with Crippen LogP contribution in [0.3, 0.4) is 0 Å². The standard InChI is InChI=1S/C12H10Cl2N2O/c1-16(2)7-9(6-15)12(17)8-3-4-10(13)11(14)5-8/h3-5,7H,1-2H3. The zero-order chi connectivity index (χ0) is 13.0. The Morgan fingerprint density at radius 3 is 2.47 bits per heavy atom. The molecule has 0 heterocycles. The molecule has 0 spiro atoms. The van der Waals surface area contributed by atoms with Crippen molar-refractivity contribution in [2.24, 2.45) is 0 Å². The fraction of sp³-hybridized carbons (Fsp3) is 0.167. The van der Waals surface area contributed by atoms with Crippen LogP contribution in [0.25, 0.3) is 0 Å². The molecule has 1 rings (SSSR count). The molecule has 0 radical (unpaired) electrons. The maximum absolute atomic E-state index is 12.0. The van der Waals surface area contributed by atoms with E-state index in [2.05, 4.69) is 0 Å². The van der Waals surface area contributed by atoms with Gasteiger partial charge in [0.15, 0.2) is 0 Å². The first-order chi connectivity index (χ1) is 7.95. The van der Waals surface area contributed by atoms with E-state index in [1.165, 1.54) is 24.4 Å². The van der Waals surface area contributed by atoms with Crippen molar-refractivity contribution < 1.29 is 4.79 Å². The largest absolute Gasteiger partial charge is 0.382 e. The molecule has 1 aromatic carbocycles. The van der Waals surface area contributed by atoms with Crippen LogP contribution in [0.15, 0.2) is 30.0 Å². The third-order valence-corrected chi connectivity index (χ3v) is 2.67. The molecule has 0 fully saturated rings. The summed E-state index contributed by atoms with van der Waals surface area (Å²) in [6.07, 6.45) is 1.46.